The molecule has 0 radical (unpaired) electrons. The second-order valence-corrected chi connectivity index (χ2v) is 2.23. The molecule has 10 heavy (non-hydrogen) atoms. The van der Waals surface area contributed by atoms with Crippen LogP contribution in [-0.4, -0.2) is 27.1 Å². The first-order valence-electron chi connectivity index (χ1n) is 2.94. The molecule has 1 N–H and O–H groups in total. The van der Waals surface area contributed by atoms with Crippen molar-refractivity contribution < 1.29 is 9.84 Å². The third-order valence-corrected chi connectivity index (χ3v) is 1.35. The molecule has 0 aliphatic carbocycles. The molecular weight excluding hydrogens is 152 g/mol. The van der Waals surface area contributed by atoms with Gasteiger partial charge < -0.3 is 9.84 Å². The highest BCUT2D eigenvalue weighted by Crippen LogP contribution is 2.04. The van der Waals surface area contributed by atoms with Gasteiger partial charge in [0, 0.05) is 13.0 Å². The minimum Gasteiger partial charge on any atom is -0.476 e. The average Bonchev–Trinajstić information content (AvgIpc) is 2.41. The number of aliphatic hydroxyl groups is 1. The lowest BCUT2D eigenvalue weighted by molar-refractivity contribution is 0.230. The van der Waals surface area contributed by atoms with Crippen molar-refractivity contribution in [2.45, 2.75) is 6.42 Å². The molecule has 0 unspecified atom stereocenters. The largest absolute Gasteiger partial charge is 0.476 e. The van der Waals surface area contributed by atoms with Gasteiger partial charge in [0.15, 0.2) is 0 Å². The molecule has 56 valence electrons. The minimum absolute atomic E-state index is 0.150. The molecule has 0 saturated carbocycles. The summed E-state index contributed by atoms with van der Waals surface area (Å²) in [5.41, 5.74) is 0. The standard InChI is InChI=1S/C5H8N2O2S/c8-2-1-3-9-5-4-6-10-7-5/h4,8H,1-3H2. The summed E-state index contributed by atoms with van der Waals surface area (Å²) >= 11 is 1.11. The number of hydrogen-bond donors (Lipinski definition) is 1. The van der Waals surface area contributed by atoms with Crippen LogP contribution >= 0.6 is 11.7 Å². The van der Waals surface area contributed by atoms with Crippen LogP contribution in [0, 0.1) is 0 Å². The van der Waals surface area contributed by atoms with Gasteiger partial charge in [0.05, 0.1) is 18.3 Å². The predicted molar refractivity (Wildman–Crippen MR) is 37.1 cm³/mol. The number of rotatable bonds is 4. The highest BCUT2D eigenvalue weighted by molar-refractivity contribution is 6.99. The zero-order valence-electron chi connectivity index (χ0n) is 5.36. The molecule has 0 spiro atoms. The second-order valence-electron chi connectivity index (χ2n) is 1.67. The van der Waals surface area contributed by atoms with Gasteiger partial charge in [-0.1, -0.05) is 0 Å². The van der Waals surface area contributed by atoms with E-state index in [1.54, 1.807) is 6.20 Å². The van der Waals surface area contributed by atoms with Gasteiger partial charge in [-0.3, -0.25) is 0 Å². The monoisotopic (exact) mass is 160 g/mol. The van der Waals surface area contributed by atoms with Crippen molar-refractivity contribution >= 4 is 11.7 Å². The molecule has 5 heteroatoms. The molecule has 1 heterocycles. The van der Waals surface area contributed by atoms with Crippen LogP contribution in [0.15, 0.2) is 6.20 Å². The summed E-state index contributed by atoms with van der Waals surface area (Å²) in [5, 5.41) is 8.38. The summed E-state index contributed by atoms with van der Waals surface area (Å²) in [6, 6.07) is 0. The summed E-state index contributed by atoms with van der Waals surface area (Å²) in [6.07, 6.45) is 2.19. The predicted octanol–water partition coefficient (Wildman–Crippen LogP) is 0.299. The summed E-state index contributed by atoms with van der Waals surface area (Å²) in [7, 11) is 0. The van der Waals surface area contributed by atoms with E-state index in [4.69, 9.17) is 9.84 Å². The molecule has 0 aromatic carbocycles. The number of ether oxygens (including phenoxy) is 1. The van der Waals surface area contributed by atoms with E-state index in [0.717, 1.165) is 11.7 Å². The van der Waals surface area contributed by atoms with E-state index in [1.165, 1.54) is 0 Å². The summed E-state index contributed by atoms with van der Waals surface area (Å²) in [5.74, 6) is 0.540. The summed E-state index contributed by atoms with van der Waals surface area (Å²) < 4.78 is 12.6. The molecule has 0 atom stereocenters. The van der Waals surface area contributed by atoms with Crippen LogP contribution in [0.4, 0.5) is 0 Å². The zero-order valence-corrected chi connectivity index (χ0v) is 6.17. The second kappa shape index (κ2) is 4.19. The van der Waals surface area contributed by atoms with Gasteiger partial charge in [-0.2, -0.15) is 4.37 Å². The normalized spacial score (nSPS) is 9.70. The maximum atomic E-state index is 8.38. The Hall–Kier alpha value is -0.680. The molecule has 0 aliphatic rings. The Morgan fingerprint density at radius 1 is 1.70 bits per heavy atom. The first kappa shape index (κ1) is 7.43. The molecule has 4 nitrogen and oxygen atoms in total. The van der Waals surface area contributed by atoms with Crippen LogP contribution in [0.25, 0.3) is 0 Å². The topological polar surface area (TPSA) is 55.2 Å². The Morgan fingerprint density at radius 3 is 3.20 bits per heavy atom. The lowest BCUT2D eigenvalue weighted by Crippen LogP contribution is -1.99. The van der Waals surface area contributed by atoms with Crippen molar-refractivity contribution in [1.82, 2.24) is 8.75 Å². The van der Waals surface area contributed by atoms with Gasteiger partial charge in [0.2, 0.25) is 5.88 Å². The maximum Gasteiger partial charge on any atom is 0.245 e. The number of hydrogen-bond acceptors (Lipinski definition) is 5. The fraction of sp³-hybridized carbons (Fsp3) is 0.600. The fourth-order valence-electron chi connectivity index (χ4n) is 0.461. The van der Waals surface area contributed by atoms with Crippen LogP contribution in [0.2, 0.25) is 0 Å². The Labute approximate surface area is 62.8 Å². The first-order chi connectivity index (χ1) is 4.93. The van der Waals surface area contributed by atoms with Crippen LogP contribution in [0.1, 0.15) is 6.42 Å². The van der Waals surface area contributed by atoms with Crippen molar-refractivity contribution in [3.05, 3.63) is 6.20 Å². The summed E-state index contributed by atoms with van der Waals surface area (Å²) in [6.45, 7) is 0.652. The SMILES string of the molecule is OCCCOc1cnsn1. The molecule has 0 bridgehead atoms. The number of aromatic nitrogens is 2. The minimum atomic E-state index is 0.150. The highest BCUT2D eigenvalue weighted by atomic mass is 32.1. The lowest BCUT2D eigenvalue weighted by Gasteiger charge is -1.97. The third-order valence-electron chi connectivity index (χ3n) is 0.893. The Balaban J connectivity index is 2.15. The van der Waals surface area contributed by atoms with E-state index in [2.05, 4.69) is 8.75 Å². The van der Waals surface area contributed by atoms with Crippen molar-refractivity contribution in [3.8, 4) is 5.88 Å². The van der Waals surface area contributed by atoms with E-state index in [0.29, 0.717) is 18.9 Å². The molecule has 0 amide bonds. The van der Waals surface area contributed by atoms with Crippen LogP contribution in [-0.2, 0) is 0 Å². The molecule has 0 aliphatic heterocycles. The smallest absolute Gasteiger partial charge is 0.245 e. The first-order valence-corrected chi connectivity index (χ1v) is 3.67. The molecular formula is C5H8N2O2S. The van der Waals surface area contributed by atoms with E-state index in [9.17, 15) is 0 Å². The van der Waals surface area contributed by atoms with Crippen molar-refractivity contribution in [2.75, 3.05) is 13.2 Å². The van der Waals surface area contributed by atoms with Crippen LogP contribution < -0.4 is 4.74 Å². The Kier molecular flexibility index (Phi) is 3.11. The van der Waals surface area contributed by atoms with E-state index >= 15 is 0 Å². The molecule has 1 rings (SSSR count). The third kappa shape index (κ3) is 2.28. The molecule has 1 aromatic heterocycles. The van der Waals surface area contributed by atoms with Gasteiger partial charge in [0.1, 0.15) is 6.20 Å². The number of nitrogens with zero attached hydrogens (tertiary/aromatic N) is 2. The van der Waals surface area contributed by atoms with Gasteiger partial charge in [0.25, 0.3) is 0 Å². The van der Waals surface area contributed by atoms with Crippen molar-refractivity contribution in [3.63, 3.8) is 0 Å². The van der Waals surface area contributed by atoms with E-state index < -0.39 is 0 Å². The summed E-state index contributed by atoms with van der Waals surface area (Å²) in [4.78, 5) is 0. The van der Waals surface area contributed by atoms with E-state index in [-0.39, 0.29) is 6.61 Å². The fourth-order valence-corrected chi connectivity index (χ4v) is 0.826. The van der Waals surface area contributed by atoms with Crippen LogP contribution in [0.5, 0.6) is 5.88 Å². The molecule has 0 fully saturated rings. The average molecular weight is 160 g/mol. The van der Waals surface area contributed by atoms with E-state index in [1.807, 2.05) is 0 Å². The number of aliphatic hydroxyl groups excluding tert-OH is 1. The van der Waals surface area contributed by atoms with Crippen LogP contribution in [0.3, 0.4) is 0 Å². The van der Waals surface area contributed by atoms with Crippen molar-refractivity contribution in [2.24, 2.45) is 0 Å². The Bertz CT molecular complexity index is 166. The zero-order chi connectivity index (χ0) is 7.23. The molecule has 1 aromatic rings. The lowest BCUT2D eigenvalue weighted by atomic mass is 10.5. The van der Waals surface area contributed by atoms with Gasteiger partial charge in [-0.25, -0.2) is 0 Å². The highest BCUT2D eigenvalue weighted by Gasteiger charge is 1.93. The molecule has 0 saturated heterocycles. The Morgan fingerprint density at radius 2 is 2.60 bits per heavy atom. The van der Waals surface area contributed by atoms with Gasteiger partial charge in [-0.15, -0.1) is 4.37 Å². The van der Waals surface area contributed by atoms with Gasteiger partial charge in [-0.05, 0) is 0 Å². The van der Waals surface area contributed by atoms with Gasteiger partial charge >= 0.3 is 0 Å². The maximum absolute atomic E-state index is 8.38. The quantitative estimate of drug-likeness (QED) is 0.643. The van der Waals surface area contributed by atoms with Crippen molar-refractivity contribution in [1.29, 1.82) is 0 Å².